The lowest BCUT2D eigenvalue weighted by Gasteiger charge is -2.14. The van der Waals surface area contributed by atoms with Crippen LogP contribution in [-0.4, -0.2) is 23.1 Å². The number of aromatic nitrogens is 1. The SMILES string of the molecule is CCOC(=O)c1ccc(NC(=O)c2cn(CC)c3c(C)c(Cl)ccc3c2=O)cc1. The Hall–Kier alpha value is -3.12. The van der Waals surface area contributed by atoms with Gasteiger partial charge in [-0.15, -0.1) is 0 Å². The maximum absolute atomic E-state index is 12.9. The fourth-order valence-electron chi connectivity index (χ4n) is 3.17. The zero-order chi connectivity index (χ0) is 21.1. The Labute approximate surface area is 173 Å². The smallest absolute Gasteiger partial charge is 0.338 e. The predicted octanol–water partition coefficient (Wildman–Crippen LogP) is 4.41. The highest BCUT2D eigenvalue weighted by atomic mass is 35.5. The molecule has 7 heteroatoms. The van der Waals surface area contributed by atoms with Crippen molar-refractivity contribution in [3.63, 3.8) is 0 Å². The number of pyridine rings is 1. The number of anilines is 1. The number of halogens is 1. The number of aryl methyl sites for hydroxylation is 2. The molecule has 1 heterocycles. The number of carbonyl (C=O) groups excluding carboxylic acids is 2. The van der Waals surface area contributed by atoms with E-state index in [4.69, 9.17) is 16.3 Å². The maximum Gasteiger partial charge on any atom is 0.338 e. The van der Waals surface area contributed by atoms with Crippen LogP contribution in [0.4, 0.5) is 5.69 Å². The van der Waals surface area contributed by atoms with Crippen LogP contribution in [0.5, 0.6) is 0 Å². The van der Waals surface area contributed by atoms with E-state index in [9.17, 15) is 14.4 Å². The van der Waals surface area contributed by atoms with E-state index in [0.717, 1.165) is 11.1 Å². The molecule has 0 radical (unpaired) electrons. The van der Waals surface area contributed by atoms with E-state index in [-0.39, 0.29) is 17.6 Å². The number of benzene rings is 2. The van der Waals surface area contributed by atoms with E-state index in [0.29, 0.717) is 28.2 Å². The molecular weight excluding hydrogens is 392 g/mol. The van der Waals surface area contributed by atoms with Crippen LogP contribution >= 0.6 is 11.6 Å². The maximum atomic E-state index is 12.9. The van der Waals surface area contributed by atoms with E-state index < -0.39 is 11.9 Å². The first-order chi connectivity index (χ1) is 13.9. The lowest BCUT2D eigenvalue weighted by molar-refractivity contribution is 0.0526. The normalized spacial score (nSPS) is 10.8. The first kappa shape index (κ1) is 20.6. The number of rotatable bonds is 5. The number of nitrogens with zero attached hydrogens (tertiary/aromatic N) is 1. The quantitative estimate of drug-likeness (QED) is 0.629. The minimum Gasteiger partial charge on any atom is -0.462 e. The van der Waals surface area contributed by atoms with Gasteiger partial charge in [-0.3, -0.25) is 9.59 Å². The Morgan fingerprint density at radius 3 is 2.41 bits per heavy atom. The zero-order valence-corrected chi connectivity index (χ0v) is 17.2. The van der Waals surface area contributed by atoms with Gasteiger partial charge in [0.25, 0.3) is 5.91 Å². The van der Waals surface area contributed by atoms with Crippen LogP contribution in [-0.2, 0) is 11.3 Å². The second-order valence-electron chi connectivity index (χ2n) is 6.48. The highest BCUT2D eigenvalue weighted by Gasteiger charge is 2.17. The summed E-state index contributed by atoms with van der Waals surface area (Å²) in [5.41, 5.74) is 2.06. The van der Waals surface area contributed by atoms with Crippen molar-refractivity contribution in [1.29, 1.82) is 0 Å². The van der Waals surface area contributed by atoms with Crippen molar-refractivity contribution in [3.8, 4) is 0 Å². The van der Waals surface area contributed by atoms with Gasteiger partial charge in [-0.25, -0.2) is 4.79 Å². The fraction of sp³-hybridized carbons (Fsp3) is 0.227. The van der Waals surface area contributed by atoms with Crippen LogP contribution in [0.15, 0.2) is 47.4 Å². The van der Waals surface area contributed by atoms with Gasteiger partial charge in [0, 0.05) is 28.8 Å². The topological polar surface area (TPSA) is 77.4 Å². The van der Waals surface area contributed by atoms with E-state index in [1.54, 1.807) is 49.5 Å². The molecule has 29 heavy (non-hydrogen) atoms. The molecule has 0 aliphatic carbocycles. The van der Waals surface area contributed by atoms with Crippen LogP contribution in [0.1, 0.15) is 40.1 Å². The molecule has 0 saturated carbocycles. The third kappa shape index (κ3) is 4.03. The minimum atomic E-state index is -0.518. The van der Waals surface area contributed by atoms with E-state index in [1.807, 2.05) is 18.4 Å². The van der Waals surface area contributed by atoms with Crippen molar-refractivity contribution in [3.05, 3.63) is 74.5 Å². The van der Waals surface area contributed by atoms with Gasteiger partial charge in [0.05, 0.1) is 17.7 Å². The van der Waals surface area contributed by atoms with Gasteiger partial charge >= 0.3 is 5.97 Å². The molecular formula is C22H21ClN2O4. The van der Waals surface area contributed by atoms with Crippen molar-refractivity contribution in [2.75, 3.05) is 11.9 Å². The Kier molecular flexibility index (Phi) is 6.03. The Morgan fingerprint density at radius 2 is 1.79 bits per heavy atom. The Morgan fingerprint density at radius 1 is 1.10 bits per heavy atom. The van der Waals surface area contributed by atoms with Crippen molar-refractivity contribution in [2.24, 2.45) is 0 Å². The summed E-state index contributed by atoms with van der Waals surface area (Å²) in [5, 5.41) is 3.72. The summed E-state index contributed by atoms with van der Waals surface area (Å²) in [4.78, 5) is 37.4. The molecule has 0 unspecified atom stereocenters. The van der Waals surface area contributed by atoms with Crippen molar-refractivity contribution < 1.29 is 14.3 Å². The van der Waals surface area contributed by atoms with Gasteiger partial charge < -0.3 is 14.6 Å². The lowest BCUT2D eigenvalue weighted by Crippen LogP contribution is -2.24. The molecule has 2 aromatic carbocycles. The highest BCUT2D eigenvalue weighted by molar-refractivity contribution is 6.32. The summed E-state index contributed by atoms with van der Waals surface area (Å²) < 4.78 is 6.78. The third-order valence-electron chi connectivity index (χ3n) is 4.67. The third-order valence-corrected chi connectivity index (χ3v) is 5.07. The standard InChI is InChI=1S/C22H21ClN2O4/c1-4-25-12-17(20(26)16-10-11-18(23)13(3)19(16)25)21(27)24-15-8-6-14(7-9-15)22(28)29-5-2/h6-12H,4-5H2,1-3H3,(H,24,27). The summed E-state index contributed by atoms with van der Waals surface area (Å²) in [6.45, 7) is 6.37. The lowest BCUT2D eigenvalue weighted by atomic mass is 10.1. The summed E-state index contributed by atoms with van der Waals surface area (Å²) in [6, 6.07) is 9.61. The average molecular weight is 413 g/mol. The fourth-order valence-corrected chi connectivity index (χ4v) is 3.32. The first-order valence-corrected chi connectivity index (χ1v) is 9.66. The van der Waals surface area contributed by atoms with E-state index >= 15 is 0 Å². The molecule has 0 atom stereocenters. The monoisotopic (exact) mass is 412 g/mol. The van der Waals surface area contributed by atoms with Gasteiger partial charge in [-0.05, 0) is 62.7 Å². The van der Waals surface area contributed by atoms with Crippen LogP contribution in [0.3, 0.4) is 0 Å². The molecule has 3 rings (SSSR count). The van der Waals surface area contributed by atoms with Crippen molar-refractivity contribution >= 4 is 40.1 Å². The molecule has 0 saturated heterocycles. The first-order valence-electron chi connectivity index (χ1n) is 9.28. The molecule has 1 N–H and O–H groups in total. The largest absolute Gasteiger partial charge is 0.462 e. The number of carbonyl (C=O) groups is 2. The molecule has 0 aliphatic heterocycles. The number of hydrogen-bond donors (Lipinski definition) is 1. The Bertz CT molecular complexity index is 1150. The predicted molar refractivity (Wildman–Crippen MR) is 114 cm³/mol. The van der Waals surface area contributed by atoms with Gasteiger partial charge in [0.2, 0.25) is 5.43 Å². The van der Waals surface area contributed by atoms with E-state index in [1.165, 1.54) is 0 Å². The summed E-state index contributed by atoms with van der Waals surface area (Å²) in [6.07, 6.45) is 1.55. The summed E-state index contributed by atoms with van der Waals surface area (Å²) in [5.74, 6) is -0.949. The second kappa shape index (κ2) is 8.49. The molecule has 0 aliphatic rings. The molecule has 6 nitrogen and oxygen atoms in total. The number of ether oxygens (including phenoxy) is 1. The molecule has 0 spiro atoms. The number of esters is 1. The molecule has 1 aromatic heterocycles. The van der Waals surface area contributed by atoms with Crippen molar-refractivity contribution in [1.82, 2.24) is 4.57 Å². The van der Waals surface area contributed by atoms with Gasteiger partial charge in [-0.1, -0.05) is 11.6 Å². The van der Waals surface area contributed by atoms with Crippen LogP contribution < -0.4 is 10.7 Å². The van der Waals surface area contributed by atoms with Gasteiger partial charge in [-0.2, -0.15) is 0 Å². The van der Waals surface area contributed by atoms with Crippen LogP contribution in [0, 0.1) is 6.92 Å². The molecule has 3 aromatic rings. The number of hydrogen-bond acceptors (Lipinski definition) is 4. The van der Waals surface area contributed by atoms with Crippen molar-refractivity contribution in [2.45, 2.75) is 27.3 Å². The molecule has 0 bridgehead atoms. The average Bonchev–Trinajstić information content (AvgIpc) is 2.71. The number of amides is 1. The minimum absolute atomic E-state index is 0.0375. The molecule has 1 amide bonds. The van der Waals surface area contributed by atoms with Gasteiger partial charge in [0.15, 0.2) is 0 Å². The number of nitrogens with one attached hydrogen (secondary N) is 1. The summed E-state index contributed by atoms with van der Waals surface area (Å²) in [7, 11) is 0. The summed E-state index contributed by atoms with van der Waals surface area (Å²) >= 11 is 6.21. The number of fused-ring (bicyclic) bond motifs is 1. The van der Waals surface area contributed by atoms with E-state index in [2.05, 4.69) is 5.32 Å². The zero-order valence-electron chi connectivity index (χ0n) is 16.4. The molecule has 150 valence electrons. The second-order valence-corrected chi connectivity index (χ2v) is 6.89. The van der Waals surface area contributed by atoms with Crippen LogP contribution in [0.2, 0.25) is 5.02 Å². The van der Waals surface area contributed by atoms with Crippen LogP contribution in [0.25, 0.3) is 10.9 Å². The Balaban J connectivity index is 1.95. The van der Waals surface area contributed by atoms with Gasteiger partial charge in [0.1, 0.15) is 5.56 Å². The molecule has 0 fully saturated rings. The highest BCUT2D eigenvalue weighted by Crippen LogP contribution is 2.24.